The maximum absolute atomic E-state index is 13.3. The second kappa shape index (κ2) is 6.55. The van der Waals surface area contributed by atoms with E-state index in [1.54, 1.807) is 24.4 Å². The Morgan fingerprint density at radius 3 is 2.37 bits per heavy atom. The maximum atomic E-state index is 13.3. The van der Waals surface area contributed by atoms with Crippen molar-refractivity contribution in [3.8, 4) is 0 Å². The average molecular weight is 376 g/mol. The summed E-state index contributed by atoms with van der Waals surface area (Å²) in [5, 5.41) is 9.35. The van der Waals surface area contributed by atoms with Gasteiger partial charge in [-0.05, 0) is 54.4 Å². The van der Waals surface area contributed by atoms with E-state index in [9.17, 15) is 23.1 Å². The number of aromatic carboxylic acids is 1. The molecule has 7 heteroatoms. The number of pyridine rings is 1. The molecule has 4 rings (SSSR count). The minimum atomic E-state index is -4.34. The summed E-state index contributed by atoms with van der Waals surface area (Å²) in [6.07, 6.45) is -1.41. The van der Waals surface area contributed by atoms with Crippen LogP contribution in [0.3, 0.4) is 0 Å². The number of carboxylic acids is 1. The molecule has 1 N–H and O–H groups in total. The third kappa shape index (κ3) is 3.26. The lowest BCUT2D eigenvalue weighted by Crippen LogP contribution is -2.25. The normalized spacial score (nSPS) is 24.9. The summed E-state index contributed by atoms with van der Waals surface area (Å²) in [4.78, 5) is 17.6. The SMILES string of the molecule is O=C(O)c1cccnc1N1CC2C[C@H](c3ccccc3C(F)(F)F)C[C@@H]2C1. The van der Waals surface area contributed by atoms with Crippen molar-refractivity contribution in [3.63, 3.8) is 0 Å². The molecule has 1 saturated heterocycles. The second-order valence-electron chi connectivity index (χ2n) is 7.36. The molecule has 1 aliphatic carbocycles. The van der Waals surface area contributed by atoms with Crippen molar-refractivity contribution in [2.24, 2.45) is 11.8 Å². The van der Waals surface area contributed by atoms with Crippen molar-refractivity contribution >= 4 is 11.8 Å². The van der Waals surface area contributed by atoms with E-state index >= 15 is 0 Å². The molecule has 1 aromatic heterocycles. The number of alkyl halides is 3. The zero-order valence-electron chi connectivity index (χ0n) is 14.5. The first-order chi connectivity index (χ1) is 12.8. The predicted molar refractivity (Wildman–Crippen MR) is 93.8 cm³/mol. The first-order valence-electron chi connectivity index (χ1n) is 8.94. The Labute approximate surface area is 154 Å². The standard InChI is InChI=1S/C20H19F3N2O2/c21-20(22,23)17-6-2-1-4-15(17)12-8-13-10-25(11-14(13)9-12)18-16(19(26)27)5-3-7-24-18/h1-7,12-14H,8-11H2,(H,26,27)/t12-,13-,14?/m1/s1. The van der Waals surface area contributed by atoms with Crippen molar-refractivity contribution in [2.75, 3.05) is 18.0 Å². The number of fused-ring (bicyclic) bond motifs is 1. The predicted octanol–water partition coefficient (Wildman–Crippen LogP) is 4.43. The largest absolute Gasteiger partial charge is 0.478 e. The van der Waals surface area contributed by atoms with E-state index in [1.165, 1.54) is 12.1 Å². The molecular weight excluding hydrogens is 357 g/mol. The number of hydrogen-bond donors (Lipinski definition) is 1. The van der Waals surface area contributed by atoms with E-state index in [0.717, 1.165) is 6.07 Å². The summed E-state index contributed by atoms with van der Waals surface area (Å²) in [6.45, 7) is 1.26. The molecule has 0 bridgehead atoms. The quantitative estimate of drug-likeness (QED) is 0.861. The summed E-state index contributed by atoms with van der Waals surface area (Å²) in [5.41, 5.74) is 0.0103. The number of halogens is 3. The molecule has 2 fully saturated rings. The van der Waals surface area contributed by atoms with Crippen molar-refractivity contribution in [3.05, 3.63) is 59.3 Å². The summed E-state index contributed by atoms with van der Waals surface area (Å²) in [7, 11) is 0. The Morgan fingerprint density at radius 1 is 1.07 bits per heavy atom. The number of benzene rings is 1. The lowest BCUT2D eigenvalue weighted by atomic mass is 9.91. The molecule has 2 heterocycles. The maximum Gasteiger partial charge on any atom is 0.416 e. The molecule has 1 unspecified atom stereocenters. The minimum absolute atomic E-state index is 0.109. The van der Waals surface area contributed by atoms with E-state index < -0.39 is 17.7 Å². The zero-order valence-corrected chi connectivity index (χ0v) is 14.5. The molecule has 1 aliphatic heterocycles. The third-order valence-corrected chi connectivity index (χ3v) is 5.77. The highest BCUT2D eigenvalue weighted by atomic mass is 19.4. The van der Waals surface area contributed by atoms with Gasteiger partial charge in [-0.2, -0.15) is 13.2 Å². The Hall–Kier alpha value is -2.57. The Morgan fingerprint density at radius 2 is 1.74 bits per heavy atom. The second-order valence-corrected chi connectivity index (χ2v) is 7.36. The fraction of sp³-hybridized carbons (Fsp3) is 0.400. The van der Waals surface area contributed by atoms with Crippen LogP contribution in [-0.4, -0.2) is 29.1 Å². The topological polar surface area (TPSA) is 53.4 Å². The van der Waals surface area contributed by atoms with Crippen molar-refractivity contribution in [1.82, 2.24) is 4.98 Å². The van der Waals surface area contributed by atoms with Gasteiger partial charge >= 0.3 is 12.1 Å². The summed E-state index contributed by atoms with van der Waals surface area (Å²) in [6, 6.07) is 8.96. The molecule has 3 atom stereocenters. The Kier molecular flexibility index (Phi) is 4.32. The summed E-state index contributed by atoms with van der Waals surface area (Å²) < 4.78 is 40.0. The molecule has 0 amide bonds. The number of carbonyl (C=O) groups is 1. The van der Waals surface area contributed by atoms with Crippen LogP contribution in [0.15, 0.2) is 42.6 Å². The van der Waals surface area contributed by atoms with Gasteiger partial charge in [0, 0.05) is 19.3 Å². The number of aromatic nitrogens is 1. The van der Waals surface area contributed by atoms with Gasteiger partial charge in [-0.1, -0.05) is 18.2 Å². The van der Waals surface area contributed by atoms with E-state index in [4.69, 9.17) is 0 Å². The van der Waals surface area contributed by atoms with E-state index in [-0.39, 0.29) is 23.3 Å². The third-order valence-electron chi connectivity index (χ3n) is 5.77. The van der Waals surface area contributed by atoms with Crippen molar-refractivity contribution in [2.45, 2.75) is 24.9 Å². The fourth-order valence-corrected chi connectivity index (χ4v) is 4.65. The van der Waals surface area contributed by atoms with Crippen LogP contribution >= 0.6 is 0 Å². The number of anilines is 1. The molecule has 27 heavy (non-hydrogen) atoms. The van der Waals surface area contributed by atoms with Crippen LogP contribution in [0, 0.1) is 11.8 Å². The number of hydrogen-bond acceptors (Lipinski definition) is 3. The van der Waals surface area contributed by atoms with Crippen LogP contribution in [0.2, 0.25) is 0 Å². The van der Waals surface area contributed by atoms with Crippen LogP contribution in [0.5, 0.6) is 0 Å². The van der Waals surface area contributed by atoms with Crippen LogP contribution in [0.1, 0.15) is 40.2 Å². The average Bonchev–Trinajstić information content (AvgIpc) is 3.20. The molecule has 2 aromatic rings. The molecule has 0 spiro atoms. The highest BCUT2D eigenvalue weighted by molar-refractivity contribution is 5.93. The molecular formula is C20H19F3N2O2. The highest BCUT2D eigenvalue weighted by Crippen LogP contribution is 2.49. The lowest BCUT2D eigenvalue weighted by molar-refractivity contribution is -0.138. The number of rotatable bonds is 3. The van der Waals surface area contributed by atoms with Crippen molar-refractivity contribution < 1.29 is 23.1 Å². The molecule has 0 radical (unpaired) electrons. The zero-order chi connectivity index (χ0) is 19.2. The first-order valence-corrected chi connectivity index (χ1v) is 8.94. The van der Waals surface area contributed by atoms with E-state index in [1.807, 2.05) is 4.90 Å². The van der Waals surface area contributed by atoms with Gasteiger partial charge in [0.1, 0.15) is 11.4 Å². The lowest BCUT2D eigenvalue weighted by Gasteiger charge is -2.23. The van der Waals surface area contributed by atoms with Gasteiger partial charge in [0.2, 0.25) is 0 Å². The summed E-state index contributed by atoms with van der Waals surface area (Å²) in [5.74, 6) is -0.179. The van der Waals surface area contributed by atoms with Gasteiger partial charge < -0.3 is 10.0 Å². The first kappa shape index (κ1) is 17.8. The van der Waals surface area contributed by atoms with Gasteiger partial charge in [-0.15, -0.1) is 0 Å². The van der Waals surface area contributed by atoms with Crippen LogP contribution in [0.4, 0.5) is 19.0 Å². The van der Waals surface area contributed by atoms with Crippen LogP contribution < -0.4 is 4.90 Å². The molecule has 1 saturated carbocycles. The van der Waals surface area contributed by atoms with Crippen molar-refractivity contribution in [1.29, 1.82) is 0 Å². The Balaban J connectivity index is 1.53. The van der Waals surface area contributed by atoms with Gasteiger partial charge in [-0.3, -0.25) is 0 Å². The molecule has 2 aliphatic rings. The summed E-state index contributed by atoms with van der Waals surface area (Å²) >= 11 is 0. The number of nitrogens with zero attached hydrogens (tertiary/aromatic N) is 2. The smallest absolute Gasteiger partial charge is 0.416 e. The highest BCUT2D eigenvalue weighted by Gasteiger charge is 2.44. The van der Waals surface area contributed by atoms with Gasteiger partial charge in [0.25, 0.3) is 0 Å². The molecule has 1 aromatic carbocycles. The van der Waals surface area contributed by atoms with Gasteiger partial charge in [0.15, 0.2) is 0 Å². The van der Waals surface area contributed by atoms with Crippen LogP contribution in [-0.2, 0) is 6.18 Å². The molecule has 142 valence electrons. The van der Waals surface area contributed by atoms with Crippen LogP contribution in [0.25, 0.3) is 0 Å². The van der Waals surface area contributed by atoms with Gasteiger partial charge in [0.05, 0.1) is 5.56 Å². The Bertz CT molecular complexity index is 854. The fourth-order valence-electron chi connectivity index (χ4n) is 4.65. The minimum Gasteiger partial charge on any atom is -0.478 e. The van der Waals surface area contributed by atoms with E-state index in [0.29, 0.717) is 37.3 Å². The monoisotopic (exact) mass is 376 g/mol. The van der Waals surface area contributed by atoms with E-state index in [2.05, 4.69) is 4.98 Å². The van der Waals surface area contributed by atoms with Gasteiger partial charge in [-0.25, -0.2) is 9.78 Å². The number of carboxylic acid groups (broad SMARTS) is 1. The molecule has 4 nitrogen and oxygen atoms in total.